The Balaban J connectivity index is 1.80. The molecule has 0 atom stereocenters. The number of methoxy groups -OCH3 is 1. The van der Waals surface area contributed by atoms with Crippen LogP contribution in [0.25, 0.3) is 0 Å². The first-order valence-electron chi connectivity index (χ1n) is 9.71. The molecule has 0 unspecified atom stereocenters. The summed E-state index contributed by atoms with van der Waals surface area (Å²) in [6.07, 6.45) is 2.80. The number of nitrogens with zero attached hydrogens (tertiary/aromatic N) is 3. The van der Waals surface area contributed by atoms with E-state index in [4.69, 9.17) is 14.2 Å². The van der Waals surface area contributed by atoms with Crippen molar-refractivity contribution >= 4 is 5.96 Å². The molecule has 152 valence electrons. The molecule has 0 amide bonds. The Morgan fingerprint density at radius 1 is 1.30 bits per heavy atom. The number of aliphatic imine (C=N–C) groups is 1. The van der Waals surface area contributed by atoms with Gasteiger partial charge in [-0.15, -0.1) is 0 Å². The molecule has 8 heteroatoms. The first-order valence-corrected chi connectivity index (χ1v) is 9.71. The second-order valence-electron chi connectivity index (χ2n) is 6.24. The molecule has 1 fully saturated rings. The number of ether oxygens (including phenoxy) is 3. The number of pyridine rings is 1. The summed E-state index contributed by atoms with van der Waals surface area (Å²) in [4.78, 5) is 11.4. The van der Waals surface area contributed by atoms with Crippen molar-refractivity contribution in [2.24, 2.45) is 4.99 Å². The van der Waals surface area contributed by atoms with E-state index in [2.05, 4.69) is 32.4 Å². The van der Waals surface area contributed by atoms with Crippen molar-refractivity contribution in [3.63, 3.8) is 0 Å². The van der Waals surface area contributed by atoms with Crippen LogP contribution in [-0.4, -0.2) is 82.1 Å². The SMILES string of the molecule is CCNC(=NCc1cccnc1OCCOC)NCCCN1CCOCC1. The zero-order valence-electron chi connectivity index (χ0n) is 16.6. The number of nitrogens with one attached hydrogen (secondary N) is 2. The van der Waals surface area contributed by atoms with E-state index in [0.717, 1.165) is 63.9 Å². The van der Waals surface area contributed by atoms with Gasteiger partial charge in [0.2, 0.25) is 5.88 Å². The quantitative estimate of drug-likeness (QED) is 0.336. The third kappa shape index (κ3) is 8.55. The molecule has 1 saturated heterocycles. The van der Waals surface area contributed by atoms with Crippen LogP contribution < -0.4 is 15.4 Å². The van der Waals surface area contributed by atoms with Crippen LogP contribution in [-0.2, 0) is 16.0 Å². The number of rotatable bonds is 11. The van der Waals surface area contributed by atoms with Gasteiger partial charge in [0, 0.05) is 45.0 Å². The van der Waals surface area contributed by atoms with Crippen molar-refractivity contribution in [2.45, 2.75) is 19.9 Å². The van der Waals surface area contributed by atoms with E-state index < -0.39 is 0 Å². The molecule has 1 aliphatic rings. The van der Waals surface area contributed by atoms with Crippen LogP contribution in [0.15, 0.2) is 23.3 Å². The normalized spacial score (nSPS) is 15.6. The Labute approximate surface area is 162 Å². The van der Waals surface area contributed by atoms with Gasteiger partial charge in [-0.25, -0.2) is 9.98 Å². The molecule has 1 aromatic rings. The second kappa shape index (κ2) is 13.3. The lowest BCUT2D eigenvalue weighted by Gasteiger charge is -2.26. The van der Waals surface area contributed by atoms with Crippen molar-refractivity contribution < 1.29 is 14.2 Å². The molecule has 2 rings (SSSR count). The molecule has 8 nitrogen and oxygen atoms in total. The molecule has 0 bridgehead atoms. The summed E-state index contributed by atoms with van der Waals surface area (Å²) in [5, 5.41) is 6.69. The van der Waals surface area contributed by atoms with Crippen molar-refractivity contribution in [1.82, 2.24) is 20.5 Å². The highest BCUT2D eigenvalue weighted by molar-refractivity contribution is 5.79. The fourth-order valence-electron chi connectivity index (χ4n) is 2.74. The first kappa shape index (κ1) is 21.4. The van der Waals surface area contributed by atoms with Crippen LogP contribution in [0.3, 0.4) is 0 Å². The van der Waals surface area contributed by atoms with E-state index >= 15 is 0 Å². The molecule has 27 heavy (non-hydrogen) atoms. The highest BCUT2D eigenvalue weighted by atomic mass is 16.5. The van der Waals surface area contributed by atoms with E-state index in [1.165, 1.54) is 0 Å². The smallest absolute Gasteiger partial charge is 0.218 e. The summed E-state index contributed by atoms with van der Waals surface area (Å²) in [5.74, 6) is 1.42. The van der Waals surface area contributed by atoms with E-state index in [1.807, 2.05) is 12.1 Å². The van der Waals surface area contributed by atoms with Crippen LogP contribution in [0.4, 0.5) is 0 Å². The Morgan fingerprint density at radius 2 is 2.15 bits per heavy atom. The zero-order valence-corrected chi connectivity index (χ0v) is 16.6. The molecule has 0 aliphatic carbocycles. The average Bonchev–Trinajstić information content (AvgIpc) is 2.71. The third-order valence-corrected chi connectivity index (χ3v) is 4.18. The van der Waals surface area contributed by atoms with Gasteiger partial charge in [0.15, 0.2) is 5.96 Å². The van der Waals surface area contributed by atoms with Gasteiger partial charge in [0.25, 0.3) is 0 Å². The highest BCUT2D eigenvalue weighted by Gasteiger charge is 2.09. The van der Waals surface area contributed by atoms with E-state index in [1.54, 1.807) is 13.3 Å². The van der Waals surface area contributed by atoms with E-state index in [-0.39, 0.29) is 0 Å². The number of aromatic nitrogens is 1. The third-order valence-electron chi connectivity index (χ3n) is 4.18. The number of hydrogen-bond acceptors (Lipinski definition) is 6. The summed E-state index contributed by atoms with van der Waals surface area (Å²) in [5.41, 5.74) is 0.958. The van der Waals surface area contributed by atoms with E-state index in [9.17, 15) is 0 Å². The van der Waals surface area contributed by atoms with Gasteiger partial charge in [0.1, 0.15) is 6.61 Å². The average molecular weight is 380 g/mol. The lowest BCUT2D eigenvalue weighted by atomic mass is 10.3. The number of hydrogen-bond donors (Lipinski definition) is 2. The van der Waals surface area contributed by atoms with Gasteiger partial charge in [-0.1, -0.05) is 6.07 Å². The standard InChI is InChI=1S/C19H33N5O3/c1-3-20-19(22-8-5-9-24-10-12-26-13-11-24)23-16-17-6-4-7-21-18(17)27-15-14-25-2/h4,6-7H,3,5,8-16H2,1-2H3,(H2,20,22,23). The maximum Gasteiger partial charge on any atom is 0.218 e. The molecule has 1 aromatic heterocycles. The number of morpholine rings is 1. The summed E-state index contributed by atoms with van der Waals surface area (Å²) < 4.78 is 16.1. The lowest BCUT2D eigenvalue weighted by molar-refractivity contribution is 0.0376. The van der Waals surface area contributed by atoms with Gasteiger partial charge < -0.3 is 24.8 Å². The van der Waals surface area contributed by atoms with Gasteiger partial charge in [-0.05, 0) is 26.0 Å². The molecule has 0 aromatic carbocycles. The van der Waals surface area contributed by atoms with Crippen molar-refractivity contribution in [3.8, 4) is 5.88 Å². The molecule has 2 heterocycles. The fourth-order valence-corrected chi connectivity index (χ4v) is 2.74. The van der Waals surface area contributed by atoms with Crippen LogP contribution in [0.5, 0.6) is 5.88 Å². The highest BCUT2D eigenvalue weighted by Crippen LogP contribution is 2.15. The molecule has 0 radical (unpaired) electrons. The van der Waals surface area contributed by atoms with Crippen LogP contribution in [0.1, 0.15) is 18.9 Å². The summed E-state index contributed by atoms with van der Waals surface area (Å²) in [6.45, 7) is 10.1. The Morgan fingerprint density at radius 3 is 2.93 bits per heavy atom. The van der Waals surface area contributed by atoms with Crippen molar-refractivity contribution in [1.29, 1.82) is 0 Å². The minimum Gasteiger partial charge on any atom is -0.475 e. The fraction of sp³-hybridized carbons (Fsp3) is 0.684. The minimum atomic E-state index is 0.476. The van der Waals surface area contributed by atoms with Crippen LogP contribution in [0, 0.1) is 0 Å². The number of guanidine groups is 1. The Kier molecular flexibility index (Phi) is 10.5. The molecule has 1 aliphatic heterocycles. The van der Waals surface area contributed by atoms with Gasteiger partial charge in [-0.2, -0.15) is 0 Å². The largest absolute Gasteiger partial charge is 0.475 e. The van der Waals surface area contributed by atoms with Crippen LogP contribution >= 0.6 is 0 Å². The second-order valence-corrected chi connectivity index (χ2v) is 6.24. The Bertz CT molecular complexity index is 550. The Hall–Kier alpha value is -1.90. The lowest BCUT2D eigenvalue weighted by Crippen LogP contribution is -2.40. The molecular weight excluding hydrogens is 346 g/mol. The maximum atomic E-state index is 5.67. The summed E-state index contributed by atoms with van der Waals surface area (Å²) in [7, 11) is 1.65. The minimum absolute atomic E-state index is 0.476. The predicted octanol–water partition coefficient (Wildman–Crippen LogP) is 0.884. The maximum absolute atomic E-state index is 5.67. The topological polar surface area (TPSA) is 80.2 Å². The monoisotopic (exact) mass is 379 g/mol. The zero-order chi connectivity index (χ0) is 19.2. The predicted molar refractivity (Wildman–Crippen MR) is 106 cm³/mol. The van der Waals surface area contributed by atoms with E-state index in [0.29, 0.717) is 25.6 Å². The molecule has 0 spiro atoms. The first-order chi connectivity index (χ1) is 13.3. The molecular formula is C19H33N5O3. The van der Waals surface area contributed by atoms with Crippen molar-refractivity contribution in [3.05, 3.63) is 23.9 Å². The summed E-state index contributed by atoms with van der Waals surface area (Å²) >= 11 is 0. The molecule has 2 N–H and O–H groups in total. The van der Waals surface area contributed by atoms with Gasteiger partial charge in [0.05, 0.1) is 26.4 Å². The van der Waals surface area contributed by atoms with Gasteiger partial charge >= 0.3 is 0 Å². The van der Waals surface area contributed by atoms with Crippen molar-refractivity contribution in [2.75, 3.05) is 66.3 Å². The molecule has 0 saturated carbocycles. The van der Waals surface area contributed by atoms with Gasteiger partial charge in [-0.3, -0.25) is 4.90 Å². The van der Waals surface area contributed by atoms with Crippen LogP contribution in [0.2, 0.25) is 0 Å². The summed E-state index contributed by atoms with van der Waals surface area (Å²) in [6, 6.07) is 3.89.